The van der Waals surface area contributed by atoms with Crippen molar-refractivity contribution in [1.29, 1.82) is 0 Å². The number of ether oxygens (including phenoxy) is 2. The van der Waals surface area contributed by atoms with E-state index >= 15 is 0 Å². The zero-order valence-electron chi connectivity index (χ0n) is 15.5. The molecule has 1 aliphatic rings. The Bertz CT molecular complexity index is 916. The average Bonchev–Trinajstić information content (AvgIpc) is 2.69. The van der Waals surface area contributed by atoms with Crippen molar-refractivity contribution in [2.45, 2.75) is 31.1 Å². The SMILES string of the molecule is COc1ccc(OC(=O)c2ccc(C)c(S(=O)(=O)N3CCCCC3)c2)cc1. The Kier molecular flexibility index (Phi) is 5.82. The molecule has 2 aromatic carbocycles. The highest BCUT2D eigenvalue weighted by molar-refractivity contribution is 7.89. The number of piperidine rings is 1. The Hall–Kier alpha value is -2.38. The van der Waals surface area contributed by atoms with Crippen molar-refractivity contribution in [3.63, 3.8) is 0 Å². The van der Waals surface area contributed by atoms with Crippen LogP contribution in [0.3, 0.4) is 0 Å². The van der Waals surface area contributed by atoms with E-state index in [1.807, 2.05) is 0 Å². The van der Waals surface area contributed by atoms with Gasteiger partial charge in [0.1, 0.15) is 11.5 Å². The van der Waals surface area contributed by atoms with Gasteiger partial charge in [0.25, 0.3) is 0 Å². The Labute approximate surface area is 159 Å². The number of carbonyl (C=O) groups excluding carboxylic acids is 1. The van der Waals surface area contributed by atoms with Gasteiger partial charge in [0.15, 0.2) is 0 Å². The zero-order valence-corrected chi connectivity index (χ0v) is 16.3. The third kappa shape index (κ3) is 4.31. The van der Waals surface area contributed by atoms with Crippen LogP contribution >= 0.6 is 0 Å². The van der Waals surface area contributed by atoms with Crippen LogP contribution in [0.1, 0.15) is 35.2 Å². The second-order valence-electron chi connectivity index (χ2n) is 6.51. The lowest BCUT2D eigenvalue weighted by atomic mass is 10.1. The van der Waals surface area contributed by atoms with E-state index in [9.17, 15) is 13.2 Å². The summed E-state index contributed by atoms with van der Waals surface area (Å²) in [6, 6.07) is 11.2. The lowest BCUT2D eigenvalue weighted by Crippen LogP contribution is -2.36. The van der Waals surface area contributed by atoms with Gasteiger partial charge >= 0.3 is 5.97 Å². The molecule has 0 aliphatic carbocycles. The number of hydrogen-bond donors (Lipinski definition) is 0. The number of carbonyl (C=O) groups is 1. The van der Waals surface area contributed by atoms with Crippen LogP contribution in [0.2, 0.25) is 0 Å². The molecule has 3 rings (SSSR count). The van der Waals surface area contributed by atoms with Crippen LogP contribution in [0, 0.1) is 6.92 Å². The highest BCUT2D eigenvalue weighted by atomic mass is 32.2. The minimum Gasteiger partial charge on any atom is -0.497 e. The van der Waals surface area contributed by atoms with Gasteiger partial charge in [-0.25, -0.2) is 13.2 Å². The molecule has 1 fully saturated rings. The average molecular weight is 389 g/mol. The van der Waals surface area contributed by atoms with Crippen LogP contribution in [0.25, 0.3) is 0 Å². The van der Waals surface area contributed by atoms with E-state index in [0.29, 0.717) is 30.2 Å². The standard InChI is InChI=1S/C20H23NO5S/c1-15-6-7-16(20(22)26-18-10-8-17(25-2)9-11-18)14-19(15)27(23,24)21-12-4-3-5-13-21/h6-11,14H,3-5,12-13H2,1-2H3. The maximum atomic E-state index is 13.0. The molecule has 1 heterocycles. The van der Waals surface area contributed by atoms with Gasteiger partial charge < -0.3 is 9.47 Å². The van der Waals surface area contributed by atoms with E-state index in [4.69, 9.17) is 9.47 Å². The zero-order chi connectivity index (χ0) is 19.4. The fourth-order valence-electron chi connectivity index (χ4n) is 3.06. The quantitative estimate of drug-likeness (QED) is 0.579. The van der Waals surface area contributed by atoms with E-state index in [1.165, 1.54) is 10.4 Å². The first kappa shape index (κ1) is 19.4. The lowest BCUT2D eigenvalue weighted by molar-refractivity contribution is 0.0734. The summed E-state index contributed by atoms with van der Waals surface area (Å²) in [4.78, 5) is 12.6. The van der Waals surface area contributed by atoms with Gasteiger partial charge in [0.05, 0.1) is 17.6 Å². The molecule has 1 saturated heterocycles. The minimum absolute atomic E-state index is 0.161. The van der Waals surface area contributed by atoms with Crippen LogP contribution < -0.4 is 9.47 Å². The van der Waals surface area contributed by atoms with E-state index in [1.54, 1.807) is 50.4 Å². The van der Waals surface area contributed by atoms with E-state index in [-0.39, 0.29) is 10.5 Å². The summed E-state index contributed by atoms with van der Waals surface area (Å²) in [5, 5.41) is 0. The maximum absolute atomic E-state index is 13.0. The smallest absolute Gasteiger partial charge is 0.343 e. The molecule has 0 aromatic heterocycles. The minimum atomic E-state index is -3.62. The van der Waals surface area contributed by atoms with Crippen molar-refractivity contribution in [1.82, 2.24) is 4.31 Å². The van der Waals surface area contributed by atoms with E-state index in [2.05, 4.69) is 0 Å². The van der Waals surface area contributed by atoms with Gasteiger partial charge in [-0.15, -0.1) is 0 Å². The Balaban J connectivity index is 1.84. The van der Waals surface area contributed by atoms with Crippen LogP contribution in [-0.2, 0) is 10.0 Å². The second-order valence-corrected chi connectivity index (χ2v) is 8.42. The first-order valence-electron chi connectivity index (χ1n) is 8.89. The topological polar surface area (TPSA) is 72.9 Å². The molecule has 0 saturated carbocycles. The molecule has 7 heteroatoms. The highest BCUT2D eigenvalue weighted by Crippen LogP contribution is 2.25. The molecule has 1 aliphatic heterocycles. The summed E-state index contributed by atoms with van der Waals surface area (Å²) in [6.07, 6.45) is 2.76. The van der Waals surface area contributed by atoms with Gasteiger partial charge in [-0.3, -0.25) is 0 Å². The van der Waals surface area contributed by atoms with Crippen molar-refractivity contribution in [3.05, 3.63) is 53.6 Å². The highest BCUT2D eigenvalue weighted by Gasteiger charge is 2.28. The molecule has 0 unspecified atom stereocenters. The molecule has 0 amide bonds. The van der Waals surface area contributed by atoms with Crippen LogP contribution in [0.4, 0.5) is 0 Å². The Morgan fingerprint density at radius 2 is 1.59 bits per heavy atom. The second kappa shape index (κ2) is 8.10. The number of methoxy groups -OCH3 is 1. The Morgan fingerprint density at radius 3 is 2.22 bits per heavy atom. The van der Waals surface area contributed by atoms with Crippen LogP contribution in [0.5, 0.6) is 11.5 Å². The Morgan fingerprint density at radius 1 is 0.963 bits per heavy atom. The monoisotopic (exact) mass is 389 g/mol. The molecular weight excluding hydrogens is 366 g/mol. The van der Waals surface area contributed by atoms with Crippen LogP contribution in [0.15, 0.2) is 47.4 Å². The number of esters is 1. The summed E-state index contributed by atoms with van der Waals surface area (Å²) in [7, 11) is -2.07. The number of benzene rings is 2. The van der Waals surface area contributed by atoms with E-state index < -0.39 is 16.0 Å². The van der Waals surface area contributed by atoms with Crippen molar-refractivity contribution in [3.8, 4) is 11.5 Å². The van der Waals surface area contributed by atoms with Gasteiger partial charge in [0.2, 0.25) is 10.0 Å². The normalized spacial score (nSPS) is 15.3. The molecule has 0 N–H and O–H groups in total. The molecule has 27 heavy (non-hydrogen) atoms. The van der Waals surface area contributed by atoms with E-state index in [0.717, 1.165) is 19.3 Å². The third-order valence-corrected chi connectivity index (χ3v) is 6.67. The predicted octanol–water partition coefficient (Wildman–Crippen LogP) is 3.40. The first-order chi connectivity index (χ1) is 12.9. The van der Waals surface area contributed by atoms with Gasteiger partial charge in [-0.05, 0) is 61.7 Å². The number of aryl methyl sites for hydroxylation is 1. The van der Waals surface area contributed by atoms with Gasteiger partial charge in [0, 0.05) is 13.1 Å². The predicted molar refractivity (Wildman–Crippen MR) is 102 cm³/mol. The molecule has 0 radical (unpaired) electrons. The van der Waals surface area contributed by atoms with Crippen molar-refractivity contribution >= 4 is 16.0 Å². The summed E-state index contributed by atoms with van der Waals surface area (Å²) in [5.74, 6) is 0.414. The largest absolute Gasteiger partial charge is 0.497 e. The fourth-order valence-corrected chi connectivity index (χ4v) is 4.83. The number of rotatable bonds is 5. The van der Waals surface area contributed by atoms with Crippen molar-refractivity contribution in [2.24, 2.45) is 0 Å². The molecule has 0 atom stereocenters. The molecule has 0 spiro atoms. The summed E-state index contributed by atoms with van der Waals surface area (Å²) in [6.45, 7) is 2.76. The molecular formula is C20H23NO5S. The fraction of sp³-hybridized carbons (Fsp3) is 0.350. The molecule has 6 nitrogen and oxygen atoms in total. The lowest BCUT2D eigenvalue weighted by Gasteiger charge is -2.26. The maximum Gasteiger partial charge on any atom is 0.343 e. The molecule has 2 aromatic rings. The van der Waals surface area contributed by atoms with Gasteiger partial charge in [-0.2, -0.15) is 4.31 Å². The number of nitrogens with zero attached hydrogens (tertiary/aromatic N) is 1. The van der Waals surface area contributed by atoms with Gasteiger partial charge in [-0.1, -0.05) is 12.5 Å². The van der Waals surface area contributed by atoms with Crippen molar-refractivity contribution in [2.75, 3.05) is 20.2 Å². The van der Waals surface area contributed by atoms with Crippen LogP contribution in [-0.4, -0.2) is 38.9 Å². The molecule has 144 valence electrons. The number of sulfonamides is 1. The third-order valence-electron chi connectivity index (χ3n) is 4.63. The summed E-state index contributed by atoms with van der Waals surface area (Å²) in [5.41, 5.74) is 0.813. The van der Waals surface area contributed by atoms with Crippen molar-refractivity contribution < 1.29 is 22.7 Å². The summed E-state index contributed by atoms with van der Waals surface area (Å²) >= 11 is 0. The number of hydrogen-bond acceptors (Lipinski definition) is 5. The first-order valence-corrected chi connectivity index (χ1v) is 10.3. The molecule has 0 bridgehead atoms. The summed E-state index contributed by atoms with van der Waals surface area (Å²) < 4.78 is 37.9.